The average Bonchev–Trinajstić information content (AvgIpc) is 3.86. The van der Waals surface area contributed by atoms with Crippen molar-refractivity contribution in [1.29, 1.82) is 5.41 Å². The quantitative estimate of drug-likeness (QED) is 0.234. The Morgan fingerprint density at radius 2 is 1.77 bits per heavy atom. The SMILES string of the molecule is CN/C(=C\C(=N)C1CC1)C(=O)NCc1cccc(OCc2ccc(C(=O)N(C)C3CCN(S(C)(=O)=O)CC3)cc2)c1OC. The molecule has 3 N–H and O–H groups in total. The number of nitrogens with zero attached hydrogens (tertiary/aromatic N) is 2. The molecule has 0 radical (unpaired) electrons. The Hall–Kier alpha value is -3.90. The maximum Gasteiger partial charge on any atom is 0.267 e. The minimum absolute atomic E-state index is 0.0184. The number of likely N-dealkylation sites (N-methyl/N-ethyl adjacent to an activating group) is 1. The Morgan fingerprint density at radius 1 is 1.09 bits per heavy atom. The fourth-order valence-electron chi connectivity index (χ4n) is 5.07. The molecule has 1 heterocycles. The van der Waals surface area contributed by atoms with Crippen LogP contribution in [-0.2, 0) is 28.0 Å². The van der Waals surface area contributed by atoms with Gasteiger partial charge in [-0.3, -0.25) is 9.59 Å². The lowest BCUT2D eigenvalue weighted by atomic mass is 10.0. The van der Waals surface area contributed by atoms with Crippen molar-refractivity contribution < 1.29 is 27.5 Å². The molecule has 4 rings (SSSR count). The molecule has 2 aromatic carbocycles. The smallest absolute Gasteiger partial charge is 0.267 e. The van der Waals surface area contributed by atoms with E-state index in [0.717, 1.165) is 24.0 Å². The summed E-state index contributed by atoms with van der Waals surface area (Å²) < 4.78 is 36.7. The van der Waals surface area contributed by atoms with Crippen LogP contribution in [-0.4, -0.2) is 81.7 Å². The van der Waals surface area contributed by atoms with Crippen molar-refractivity contribution in [3.05, 3.63) is 70.9 Å². The van der Waals surface area contributed by atoms with Crippen LogP contribution in [0.25, 0.3) is 0 Å². The third-order valence-corrected chi connectivity index (χ3v) is 9.19. The van der Waals surface area contributed by atoms with Crippen LogP contribution >= 0.6 is 0 Å². The van der Waals surface area contributed by atoms with Crippen LogP contribution in [0.3, 0.4) is 0 Å². The number of hydrogen-bond donors (Lipinski definition) is 3. The number of allylic oxidation sites excluding steroid dienone is 1. The van der Waals surface area contributed by atoms with E-state index >= 15 is 0 Å². The van der Waals surface area contributed by atoms with Crippen molar-refractivity contribution in [3.8, 4) is 11.5 Å². The second-order valence-electron chi connectivity index (χ2n) is 11.0. The van der Waals surface area contributed by atoms with Crippen molar-refractivity contribution in [2.45, 2.75) is 44.9 Å². The van der Waals surface area contributed by atoms with E-state index in [1.807, 2.05) is 24.3 Å². The van der Waals surface area contributed by atoms with Crippen LogP contribution in [0.1, 0.15) is 47.2 Å². The molecule has 2 aromatic rings. The highest BCUT2D eigenvalue weighted by atomic mass is 32.2. The molecule has 0 aromatic heterocycles. The molecule has 11 nitrogen and oxygen atoms in total. The third-order valence-electron chi connectivity index (χ3n) is 7.89. The Morgan fingerprint density at radius 3 is 2.35 bits per heavy atom. The van der Waals surface area contributed by atoms with Crippen LogP contribution < -0.4 is 20.1 Å². The molecular weight excluding hydrogens is 570 g/mol. The van der Waals surface area contributed by atoms with Gasteiger partial charge in [0.15, 0.2) is 11.5 Å². The van der Waals surface area contributed by atoms with Gasteiger partial charge in [-0.2, -0.15) is 0 Å². The normalized spacial score (nSPS) is 16.3. The van der Waals surface area contributed by atoms with E-state index in [1.165, 1.54) is 10.6 Å². The monoisotopic (exact) mass is 611 g/mol. The highest BCUT2D eigenvalue weighted by Gasteiger charge is 2.29. The van der Waals surface area contributed by atoms with Crippen molar-refractivity contribution in [3.63, 3.8) is 0 Å². The lowest BCUT2D eigenvalue weighted by Gasteiger charge is -2.35. The summed E-state index contributed by atoms with van der Waals surface area (Å²) in [6.07, 6.45) is 5.99. The van der Waals surface area contributed by atoms with E-state index in [1.54, 1.807) is 50.4 Å². The number of carbonyl (C=O) groups excluding carboxylic acids is 2. The molecule has 0 spiro atoms. The first-order valence-corrected chi connectivity index (χ1v) is 16.2. The third kappa shape index (κ3) is 8.35. The van der Waals surface area contributed by atoms with Gasteiger partial charge in [-0.25, -0.2) is 12.7 Å². The van der Waals surface area contributed by atoms with Gasteiger partial charge in [0.1, 0.15) is 12.3 Å². The maximum absolute atomic E-state index is 13.1. The number of piperidine rings is 1. The minimum atomic E-state index is -3.22. The lowest BCUT2D eigenvalue weighted by Crippen LogP contribution is -2.47. The molecule has 2 fully saturated rings. The first kappa shape index (κ1) is 32.0. The van der Waals surface area contributed by atoms with Gasteiger partial charge < -0.3 is 30.4 Å². The zero-order valence-electron chi connectivity index (χ0n) is 25.2. The van der Waals surface area contributed by atoms with Gasteiger partial charge in [0.25, 0.3) is 11.8 Å². The predicted octanol–water partition coefficient (Wildman–Crippen LogP) is 2.92. The fourth-order valence-corrected chi connectivity index (χ4v) is 5.94. The van der Waals surface area contributed by atoms with Crippen LogP contribution in [0.15, 0.2) is 54.2 Å². The lowest BCUT2D eigenvalue weighted by molar-refractivity contribution is -0.118. The Kier molecular flexibility index (Phi) is 10.5. The number of para-hydroxylation sites is 1. The van der Waals surface area contributed by atoms with E-state index < -0.39 is 10.0 Å². The van der Waals surface area contributed by atoms with E-state index in [0.29, 0.717) is 54.4 Å². The van der Waals surface area contributed by atoms with E-state index in [9.17, 15) is 18.0 Å². The Balaban J connectivity index is 1.32. The van der Waals surface area contributed by atoms with Crippen LogP contribution in [0.5, 0.6) is 11.5 Å². The van der Waals surface area contributed by atoms with E-state index in [4.69, 9.17) is 14.9 Å². The molecule has 0 unspecified atom stereocenters. The van der Waals surface area contributed by atoms with Crippen LogP contribution in [0, 0.1) is 11.3 Å². The molecule has 43 heavy (non-hydrogen) atoms. The van der Waals surface area contributed by atoms with Crippen molar-refractivity contribution >= 4 is 27.5 Å². The standard InChI is InChI=1S/C31H41N5O6S/c1-33-27(18-26(32)22-12-13-22)30(37)34-19-24-6-5-7-28(29(24)41-3)42-20-21-8-10-23(11-9-21)31(38)35(2)25-14-16-36(17-15-25)43(4,39)40/h5-11,18,22,25,32-33H,12-17,19-20H2,1-4H3,(H,34,37)/b27-18-,32-26?. The highest BCUT2D eigenvalue weighted by Crippen LogP contribution is 2.32. The molecule has 1 saturated heterocycles. The number of rotatable bonds is 13. The molecule has 0 atom stereocenters. The van der Waals surface area contributed by atoms with Gasteiger partial charge in [0, 0.05) is 62.5 Å². The van der Waals surface area contributed by atoms with Crippen molar-refractivity contribution in [2.75, 3.05) is 40.6 Å². The summed E-state index contributed by atoms with van der Waals surface area (Å²) in [6.45, 7) is 1.28. The summed E-state index contributed by atoms with van der Waals surface area (Å²) in [4.78, 5) is 27.5. The van der Waals surface area contributed by atoms with Gasteiger partial charge >= 0.3 is 0 Å². The van der Waals surface area contributed by atoms with Crippen molar-refractivity contribution in [2.24, 2.45) is 5.92 Å². The molecule has 232 valence electrons. The number of ether oxygens (including phenoxy) is 2. The number of amides is 2. The van der Waals surface area contributed by atoms with Crippen LogP contribution in [0.2, 0.25) is 0 Å². The van der Waals surface area contributed by atoms with Crippen LogP contribution in [0.4, 0.5) is 0 Å². The van der Waals surface area contributed by atoms with Gasteiger partial charge in [-0.15, -0.1) is 0 Å². The average molecular weight is 612 g/mol. The van der Waals surface area contributed by atoms with Crippen molar-refractivity contribution in [1.82, 2.24) is 19.8 Å². The molecule has 2 amide bonds. The maximum atomic E-state index is 13.1. The summed E-state index contributed by atoms with van der Waals surface area (Å²) in [5, 5.41) is 13.8. The summed E-state index contributed by atoms with van der Waals surface area (Å²) in [7, 11) is 1.75. The largest absolute Gasteiger partial charge is 0.493 e. The topological polar surface area (TPSA) is 141 Å². The number of nitrogens with one attached hydrogen (secondary N) is 3. The predicted molar refractivity (Wildman–Crippen MR) is 165 cm³/mol. The number of methoxy groups -OCH3 is 1. The first-order chi connectivity index (χ1) is 20.5. The Labute approximate surface area is 253 Å². The summed E-state index contributed by atoms with van der Waals surface area (Å²) in [5.41, 5.74) is 2.96. The second-order valence-corrected chi connectivity index (χ2v) is 12.9. The van der Waals surface area contributed by atoms with Gasteiger partial charge in [0.2, 0.25) is 10.0 Å². The molecule has 12 heteroatoms. The zero-order chi connectivity index (χ0) is 31.1. The first-order valence-electron chi connectivity index (χ1n) is 14.4. The summed E-state index contributed by atoms with van der Waals surface area (Å²) in [6, 6.07) is 12.7. The molecular formula is C31H41N5O6S. The molecule has 0 bridgehead atoms. The minimum Gasteiger partial charge on any atom is -0.493 e. The van der Waals surface area contributed by atoms with E-state index in [2.05, 4.69) is 10.6 Å². The number of benzene rings is 2. The fraction of sp³-hybridized carbons (Fsp3) is 0.452. The van der Waals surface area contributed by atoms with Gasteiger partial charge in [-0.05, 0) is 55.5 Å². The molecule has 1 aliphatic carbocycles. The highest BCUT2D eigenvalue weighted by molar-refractivity contribution is 7.88. The van der Waals surface area contributed by atoms with Gasteiger partial charge in [0.05, 0.1) is 13.4 Å². The Bertz CT molecular complexity index is 1460. The number of carbonyl (C=O) groups is 2. The zero-order valence-corrected chi connectivity index (χ0v) is 26.0. The van der Waals surface area contributed by atoms with E-state index in [-0.39, 0.29) is 36.9 Å². The molecule has 1 aliphatic heterocycles. The van der Waals surface area contributed by atoms with Gasteiger partial charge in [-0.1, -0.05) is 24.3 Å². The second kappa shape index (κ2) is 14.0. The summed E-state index contributed by atoms with van der Waals surface area (Å²) >= 11 is 0. The molecule has 1 saturated carbocycles. The number of sulfonamides is 1. The molecule has 2 aliphatic rings. The summed E-state index contributed by atoms with van der Waals surface area (Å²) in [5.74, 6) is 0.874. The number of hydrogen-bond acceptors (Lipinski definition) is 8.